The SMILES string of the molecule is Cc1cccc([N+](=O)[O-])c1C(=O)OCC(=O)NCCc1ccc(C(C)C)cc1. The van der Waals surface area contributed by atoms with Crippen molar-refractivity contribution in [2.75, 3.05) is 13.2 Å². The van der Waals surface area contributed by atoms with Gasteiger partial charge in [0.15, 0.2) is 6.61 Å². The maximum absolute atomic E-state index is 12.2. The van der Waals surface area contributed by atoms with E-state index >= 15 is 0 Å². The van der Waals surface area contributed by atoms with Gasteiger partial charge in [-0.3, -0.25) is 14.9 Å². The summed E-state index contributed by atoms with van der Waals surface area (Å²) in [5, 5.41) is 13.7. The van der Waals surface area contributed by atoms with Crippen molar-refractivity contribution in [3.63, 3.8) is 0 Å². The number of hydrogen-bond donors (Lipinski definition) is 1. The molecule has 0 saturated carbocycles. The Morgan fingerprint density at radius 3 is 2.43 bits per heavy atom. The first-order chi connectivity index (χ1) is 13.3. The molecule has 7 heteroatoms. The molecule has 0 aromatic heterocycles. The molecule has 0 heterocycles. The van der Waals surface area contributed by atoms with Crippen LogP contribution in [0, 0.1) is 17.0 Å². The van der Waals surface area contributed by atoms with Gasteiger partial charge in [-0.1, -0.05) is 50.2 Å². The molecule has 0 spiro atoms. The van der Waals surface area contributed by atoms with Gasteiger partial charge in [0.2, 0.25) is 0 Å². The third-order valence-corrected chi connectivity index (χ3v) is 4.37. The summed E-state index contributed by atoms with van der Waals surface area (Å²) < 4.78 is 4.95. The lowest BCUT2D eigenvalue weighted by molar-refractivity contribution is -0.385. The summed E-state index contributed by atoms with van der Waals surface area (Å²) >= 11 is 0. The number of esters is 1. The lowest BCUT2D eigenvalue weighted by Gasteiger charge is -2.09. The summed E-state index contributed by atoms with van der Waals surface area (Å²) in [5.41, 5.74) is 2.30. The van der Waals surface area contributed by atoms with Crippen molar-refractivity contribution in [2.45, 2.75) is 33.1 Å². The number of ether oxygens (including phenoxy) is 1. The van der Waals surface area contributed by atoms with Crippen LogP contribution in [0.3, 0.4) is 0 Å². The van der Waals surface area contributed by atoms with Crippen molar-refractivity contribution in [1.29, 1.82) is 0 Å². The van der Waals surface area contributed by atoms with Crippen LogP contribution < -0.4 is 5.32 Å². The normalized spacial score (nSPS) is 10.6. The molecule has 0 unspecified atom stereocenters. The molecule has 2 aromatic carbocycles. The highest BCUT2D eigenvalue weighted by molar-refractivity contribution is 5.96. The predicted octanol–water partition coefficient (Wildman–Crippen LogP) is 3.54. The second-order valence-electron chi connectivity index (χ2n) is 6.80. The Labute approximate surface area is 163 Å². The van der Waals surface area contributed by atoms with Crippen molar-refractivity contribution >= 4 is 17.6 Å². The molecule has 1 N–H and O–H groups in total. The number of nitrogens with zero attached hydrogens (tertiary/aromatic N) is 1. The molecule has 7 nitrogen and oxygen atoms in total. The van der Waals surface area contributed by atoms with E-state index in [1.54, 1.807) is 13.0 Å². The van der Waals surface area contributed by atoms with Gasteiger partial charge in [-0.25, -0.2) is 4.79 Å². The molecule has 0 aliphatic heterocycles. The average molecular weight is 384 g/mol. The molecule has 2 aromatic rings. The van der Waals surface area contributed by atoms with Crippen LogP contribution >= 0.6 is 0 Å². The van der Waals surface area contributed by atoms with Gasteiger partial charge in [0.1, 0.15) is 5.56 Å². The minimum Gasteiger partial charge on any atom is -0.452 e. The Kier molecular flexibility index (Phi) is 7.26. The zero-order valence-electron chi connectivity index (χ0n) is 16.2. The van der Waals surface area contributed by atoms with Crippen LogP contribution in [0.1, 0.15) is 46.8 Å². The summed E-state index contributed by atoms with van der Waals surface area (Å²) in [6.45, 7) is 5.75. The number of carbonyl (C=O) groups excluding carboxylic acids is 2. The third-order valence-electron chi connectivity index (χ3n) is 4.37. The zero-order valence-corrected chi connectivity index (χ0v) is 16.2. The van der Waals surface area contributed by atoms with Crippen molar-refractivity contribution in [2.24, 2.45) is 0 Å². The molecule has 0 aliphatic carbocycles. The van der Waals surface area contributed by atoms with Gasteiger partial charge in [-0.15, -0.1) is 0 Å². The van der Waals surface area contributed by atoms with E-state index in [0.717, 1.165) is 5.56 Å². The van der Waals surface area contributed by atoms with Crippen LogP contribution in [-0.2, 0) is 16.0 Å². The van der Waals surface area contributed by atoms with Crippen molar-refractivity contribution < 1.29 is 19.2 Å². The summed E-state index contributed by atoms with van der Waals surface area (Å²) in [6, 6.07) is 12.5. The fraction of sp³-hybridized carbons (Fsp3) is 0.333. The first kappa shape index (κ1) is 21.1. The minimum absolute atomic E-state index is 0.134. The van der Waals surface area contributed by atoms with E-state index in [9.17, 15) is 19.7 Å². The summed E-state index contributed by atoms with van der Waals surface area (Å²) in [4.78, 5) is 34.5. The van der Waals surface area contributed by atoms with Crippen LogP contribution in [0.25, 0.3) is 0 Å². The van der Waals surface area contributed by atoms with Crippen molar-refractivity contribution in [3.05, 3.63) is 74.8 Å². The Morgan fingerprint density at radius 2 is 1.82 bits per heavy atom. The van der Waals surface area contributed by atoms with E-state index < -0.39 is 23.4 Å². The molecule has 2 rings (SSSR count). The number of hydrogen-bond acceptors (Lipinski definition) is 5. The minimum atomic E-state index is -0.885. The number of nitrogens with one attached hydrogen (secondary N) is 1. The van der Waals surface area contributed by atoms with E-state index in [2.05, 4.69) is 31.3 Å². The Hall–Kier alpha value is -3.22. The topological polar surface area (TPSA) is 98.5 Å². The quantitative estimate of drug-likeness (QED) is 0.426. The van der Waals surface area contributed by atoms with E-state index in [1.165, 1.54) is 17.7 Å². The Morgan fingerprint density at radius 1 is 1.14 bits per heavy atom. The van der Waals surface area contributed by atoms with Crippen LogP contribution in [0.5, 0.6) is 0 Å². The van der Waals surface area contributed by atoms with E-state index in [1.807, 2.05) is 12.1 Å². The second kappa shape index (κ2) is 9.64. The molecule has 148 valence electrons. The van der Waals surface area contributed by atoms with Gasteiger partial charge in [0.05, 0.1) is 4.92 Å². The van der Waals surface area contributed by atoms with Crippen molar-refractivity contribution in [3.8, 4) is 0 Å². The predicted molar refractivity (Wildman–Crippen MR) is 105 cm³/mol. The molecule has 0 radical (unpaired) electrons. The lowest BCUT2D eigenvalue weighted by Crippen LogP contribution is -2.30. The molecule has 0 bridgehead atoms. The first-order valence-corrected chi connectivity index (χ1v) is 9.06. The maximum Gasteiger partial charge on any atom is 0.345 e. The fourth-order valence-electron chi connectivity index (χ4n) is 2.74. The molecule has 28 heavy (non-hydrogen) atoms. The van der Waals surface area contributed by atoms with Gasteiger partial charge in [-0.2, -0.15) is 0 Å². The second-order valence-corrected chi connectivity index (χ2v) is 6.80. The number of rotatable bonds is 8. The Balaban J connectivity index is 1.83. The third kappa shape index (κ3) is 5.64. The number of aryl methyl sites for hydroxylation is 1. The lowest BCUT2D eigenvalue weighted by atomic mass is 10.0. The molecule has 0 saturated heterocycles. The summed E-state index contributed by atoms with van der Waals surface area (Å²) in [5.74, 6) is -0.875. The van der Waals surface area contributed by atoms with Crippen LogP contribution in [0.4, 0.5) is 5.69 Å². The van der Waals surface area contributed by atoms with Gasteiger partial charge < -0.3 is 10.1 Å². The highest BCUT2D eigenvalue weighted by atomic mass is 16.6. The highest BCUT2D eigenvalue weighted by Crippen LogP contribution is 2.22. The largest absolute Gasteiger partial charge is 0.452 e. The monoisotopic (exact) mass is 384 g/mol. The first-order valence-electron chi connectivity index (χ1n) is 9.06. The molecular weight excluding hydrogens is 360 g/mol. The van der Waals surface area contributed by atoms with Crippen molar-refractivity contribution in [1.82, 2.24) is 5.32 Å². The van der Waals surface area contributed by atoms with Gasteiger partial charge in [0.25, 0.3) is 11.6 Å². The van der Waals surface area contributed by atoms with Crippen LogP contribution in [-0.4, -0.2) is 30.0 Å². The molecule has 0 aliphatic rings. The smallest absolute Gasteiger partial charge is 0.345 e. The fourth-order valence-corrected chi connectivity index (χ4v) is 2.74. The van der Waals surface area contributed by atoms with Crippen LogP contribution in [0.2, 0.25) is 0 Å². The number of nitro groups is 1. The number of benzene rings is 2. The van der Waals surface area contributed by atoms with Gasteiger partial charge in [-0.05, 0) is 36.0 Å². The zero-order chi connectivity index (χ0) is 20.7. The maximum atomic E-state index is 12.2. The van der Waals surface area contributed by atoms with Crippen LogP contribution in [0.15, 0.2) is 42.5 Å². The number of amides is 1. The Bertz CT molecular complexity index is 860. The summed E-state index contributed by atoms with van der Waals surface area (Å²) in [7, 11) is 0. The molecule has 0 atom stereocenters. The number of nitro benzene ring substituents is 1. The van der Waals surface area contributed by atoms with Gasteiger partial charge >= 0.3 is 5.97 Å². The molecule has 1 amide bonds. The standard InChI is InChI=1S/C21H24N2O5/c1-14(2)17-9-7-16(8-10-17)11-12-22-19(24)13-28-21(25)20-15(3)5-4-6-18(20)23(26)27/h4-10,14H,11-13H2,1-3H3,(H,22,24). The highest BCUT2D eigenvalue weighted by Gasteiger charge is 2.24. The average Bonchev–Trinajstić information content (AvgIpc) is 2.66. The summed E-state index contributed by atoms with van der Waals surface area (Å²) in [6.07, 6.45) is 0.654. The molecule has 0 fully saturated rings. The van der Waals surface area contributed by atoms with Gasteiger partial charge in [0, 0.05) is 12.6 Å². The number of carbonyl (C=O) groups is 2. The molecular formula is C21H24N2O5. The van der Waals surface area contributed by atoms with E-state index in [0.29, 0.717) is 24.4 Å². The van der Waals surface area contributed by atoms with E-state index in [-0.39, 0.29) is 11.3 Å². The van der Waals surface area contributed by atoms with E-state index in [4.69, 9.17) is 4.74 Å².